The predicted octanol–water partition coefficient (Wildman–Crippen LogP) is 1.95. The first kappa shape index (κ1) is 17.8. The van der Waals surface area contributed by atoms with E-state index in [4.69, 9.17) is 9.47 Å². The van der Waals surface area contributed by atoms with Crippen molar-refractivity contribution < 1.29 is 9.47 Å². The first-order chi connectivity index (χ1) is 11.7. The molecular formula is C17H25N5O2. The fourth-order valence-electron chi connectivity index (χ4n) is 1.98. The van der Waals surface area contributed by atoms with Crippen molar-refractivity contribution in [2.24, 2.45) is 0 Å². The molecule has 0 aliphatic heterocycles. The first-order valence-corrected chi connectivity index (χ1v) is 7.89. The molecule has 7 heteroatoms. The summed E-state index contributed by atoms with van der Waals surface area (Å²) in [6.07, 6.45) is 1.55. The Bertz CT molecular complexity index is 604. The molecule has 130 valence electrons. The van der Waals surface area contributed by atoms with Crippen molar-refractivity contribution in [1.29, 1.82) is 0 Å². The molecule has 24 heavy (non-hydrogen) atoms. The topological polar surface area (TPSA) is 71.5 Å². The van der Waals surface area contributed by atoms with Gasteiger partial charge in [-0.1, -0.05) is 0 Å². The Labute approximate surface area is 143 Å². The molecule has 0 amide bonds. The number of methoxy groups -OCH3 is 1. The van der Waals surface area contributed by atoms with Crippen molar-refractivity contribution in [1.82, 2.24) is 14.9 Å². The number of nitrogens with one attached hydrogen (secondary N) is 2. The smallest absolute Gasteiger partial charge is 0.131 e. The zero-order valence-electron chi connectivity index (χ0n) is 14.5. The van der Waals surface area contributed by atoms with Crippen LogP contribution >= 0.6 is 0 Å². The van der Waals surface area contributed by atoms with Crippen LogP contribution in [0, 0.1) is 0 Å². The summed E-state index contributed by atoms with van der Waals surface area (Å²) in [5.74, 6) is 3.21. The number of benzene rings is 1. The predicted molar refractivity (Wildman–Crippen MR) is 96.1 cm³/mol. The van der Waals surface area contributed by atoms with Crippen LogP contribution in [0.25, 0.3) is 0 Å². The normalized spacial score (nSPS) is 10.5. The summed E-state index contributed by atoms with van der Waals surface area (Å²) in [6.45, 7) is 2.98. The zero-order valence-corrected chi connectivity index (χ0v) is 14.5. The summed E-state index contributed by atoms with van der Waals surface area (Å²) in [5.41, 5.74) is 0. The van der Waals surface area contributed by atoms with Crippen LogP contribution in [-0.2, 0) is 0 Å². The Morgan fingerprint density at radius 3 is 2.21 bits per heavy atom. The molecule has 0 bridgehead atoms. The van der Waals surface area contributed by atoms with Gasteiger partial charge in [0.1, 0.15) is 36.1 Å². The van der Waals surface area contributed by atoms with Gasteiger partial charge >= 0.3 is 0 Å². The van der Waals surface area contributed by atoms with E-state index < -0.39 is 0 Å². The van der Waals surface area contributed by atoms with Gasteiger partial charge in [0.05, 0.1) is 13.7 Å². The van der Waals surface area contributed by atoms with E-state index in [9.17, 15) is 0 Å². The molecular weight excluding hydrogens is 306 g/mol. The van der Waals surface area contributed by atoms with Crippen molar-refractivity contribution in [2.45, 2.75) is 0 Å². The third-order valence-corrected chi connectivity index (χ3v) is 3.27. The molecule has 0 saturated heterocycles. The minimum Gasteiger partial charge on any atom is -0.497 e. The molecule has 0 spiro atoms. The van der Waals surface area contributed by atoms with Gasteiger partial charge in [-0.2, -0.15) is 0 Å². The second kappa shape index (κ2) is 9.57. The maximum absolute atomic E-state index is 5.67. The molecule has 0 fully saturated rings. The lowest BCUT2D eigenvalue weighted by molar-refractivity contribution is 0.331. The second-order valence-electron chi connectivity index (χ2n) is 5.47. The van der Waals surface area contributed by atoms with Crippen LogP contribution in [0.5, 0.6) is 11.5 Å². The van der Waals surface area contributed by atoms with Crippen molar-refractivity contribution in [2.75, 3.05) is 58.1 Å². The Morgan fingerprint density at radius 2 is 1.58 bits per heavy atom. The third-order valence-electron chi connectivity index (χ3n) is 3.27. The quantitative estimate of drug-likeness (QED) is 0.645. The number of nitrogens with zero attached hydrogens (tertiary/aromatic N) is 3. The number of anilines is 2. The van der Waals surface area contributed by atoms with Crippen molar-refractivity contribution in [3.63, 3.8) is 0 Å². The molecule has 0 saturated carbocycles. The van der Waals surface area contributed by atoms with Crippen LogP contribution in [0.4, 0.5) is 11.6 Å². The standard InChI is InChI=1S/C17H25N5O2/c1-22(2)10-8-18-16-12-17(21-13-20-16)19-9-11-24-15-6-4-14(23-3)5-7-15/h4-7,12-13H,8-11H2,1-3H3,(H2,18,19,20,21). The van der Waals surface area contributed by atoms with Gasteiger partial charge in [0.15, 0.2) is 0 Å². The van der Waals surface area contributed by atoms with E-state index in [0.29, 0.717) is 13.2 Å². The Morgan fingerprint density at radius 1 is 0.958 bits per heavy atom. The van der Waals surface area contributed by atoms with E-state index in [2.05, 4.69) is 25.5 Å². The molecule has 1 aromatic carbocycles. The summed E-state index contributed by atoms with van der Waals surface area (Å²) < 4.78 is 10.8. The van der Waals surface area contributed by atoms with E-state index in [1.165, 1.54) is 0 Å². The molecule has 0 unspecified atom stereocenters. The lowest BCUT2D eigenvalue weighted by Gasteiger charge is -2.12. The fourth-order valence-corrected chi connectivity index (χ4v) is 1.98. The van der Waals surface area contributed by atoms with Crippen LogP contribution in [0.1, 0.15) is 0 Å². The summed E-state index contributed by atoms with van der Waals surface area (Å²) in [5, 5.41) is 6.49. The number of hydrogen-bond donors (Lipinski definition) is 2. The molecule has 2 aromatic rings. The lowest BCUT2D eigenvalue weighted by atomic mass is 10.3. The van der Waals surface area contributed by atoms with E-state index >= 15 is 0 Å². The first-order valence-electron chi connectivity index (χ1n) is 7.89. The van der Waals surface area contributed by atoms with Gasteiger partial charge in [-0.05, 0) is 38.4 Å². The van der Waals surface area contributed by atoms with Gasteiger partial charge in [-0.25, -0.2) is 9.97 Å². The summed E-state index contributed by atoms with van der Waals surface area (Å²) in [6, 6.07) is 9.41. The van der Waals surface area contributed by atoms with E-state index in [0.717, 1.165) is 36.2 Å². The molecule has 0 atom stereocenters. The highest BCUT2D eigenvalue weighted by Crippen LogP contribution is 2.16. The maximum atomic E-state index is 5.67. The molecule has 2 N–H and O–H groups in total. The molecule has 1 aromatic heterocycles. The Hall–Kier alpha value is -2.54. The fraction of sp³-hybridized carbons (Fsp3) is 0.412. The number of rotatable bonds is 10. The van der Waals surface area contributed by atoms with E-state index in [1.807, 2.05) is 44.4 Å². The third kappa shape index (κ3) is 6.29. The van der Waals surface area contributed by atoms with E-state index in [-0.39, 0.29) is 0 Å². The SMILES string of the molecule is COc1ccc(OCCNc2cc(NCCN(C)C)ncn2)cc1. The zero-order chi connectivity index (χ0) is 17.2. The summed E-state index contributed by atoms with van der Waals surface area (Å²) in [7, 11) is 5.72. The number of likely N-dealkylation sites (N-methyl/N-ethyl adjacent to an activating group) is 1. The van der Waals surface area contributed by atoms with Gasteiger partial charge in [-0.15, -0.1) is 0 Å². The van der Waals surface area contributed by atoms with Crippen molar-refractivity contribution in [3.8, 4) is 11.5 Å². The second-order valence-corrected chi connectivity index (χ2v) is 5.47. The molecule has 0 radical (unpaired) electrons. The summed E-state index contributed by atoms with van der Waals surface area (Å²) in [4.78, 5) is 10.5. The largest absolute Gasteiger partial charge is 0.497 e. The molecule has 0 aliphatic rings. The number of aromatic nitrogens is 2. The molecule has 1 heterocycles. The Balaban J connectivity index is 1.71. The van der Waals surface area contributed by atoms with Crippen molar-refractivity contribution in [3.05, 3.63) is 36.7 Å². The van der Waals surface area contributed by atoms with Gasteiger partial charge in [0, 0.05) is 19.2 Å². The highest BCUT2D eigenvalue weighted by Gasteiger charge is 1.99. The van der Waals surface area contributed by atoms with Gasteiger partial charge in [0.25, 0.3) is 0 Å². The minimum absolute atomic E-state index is 0.541. The molecule has 7 nitrogen and oxygen atoms in total. The van der Waals surface area contributed by atoms with Crippen molar-refractivity contribution >= 4 is 11.6 Å². The monoisotopic (exact) mass is 331 g/mol. The Kier molecular flexibility index (Phi) is 7.10. The van der Waals surface area contributed by atoms with Crippen LogP contribution in [0.3, 0.4) is 0 Å². The lowest BCUT2D eigenvalue weighted by Crippen LogP contribution is -2.21. The number of ether oxygens (including phenoxy) is 2. The van der Waals surface area contributed by atoms with Crippen LogP contribution in [0.15, 0.2) is 36.7 Å². The van der Waals surface area contributed by atoms with Gasteiger partial charge in [-0.3, -0.25) is 0 Å². The van der Waals surface area contributed by atoms with Crippen LogP contribution < -0.4 is 20.1 Å². The van der Waals surface area contributed by atoms with Crippen LogP contribution in [-0.4, -0.2) is 62.3 Å². The van der Waals surface area contributed by atoms with E-state index in [1.54, 1.807) is 13.4 Å². The van der Waals surface area contributed by atoms with Gasteiger partial charge in [0.2, 0.25) is 0 Å². The molecule has 2 rings (SSSR count). The maximum Gasteiger partial charge on any atom is 0.131 e. The number of hydrogen-bond acceptors (Lipinski definition) is 7. The average Bonchev–Trinajstić information content (AvgIpc) is 2.59. The summed E-state index contributed by atoms with van der Waals surface area (Å²) >= 11 is 0. The minimum atomic E-state index is 0.541. The van der Waals surface area contributed by atoms with Gasteiger partial charge < -0.3 is 25.0 Å². The average molecular weight is 331 g/mol. The highest BCUT2D eigenvalue weighted by atomic mass is 16.5. The molecule has 0 aliphatic carbocycles. The van der Waals surface area contributed by atoms with Crippen LogP contribution in [0.2, 0.25) is 0 Å². The highest BCUT2D eigenvalue weighted by molar-refractivity contribution is 5.46.